The molecule has 2 bridgehead atoms. The SMILES string of the molecule is CCc1c(F)ccc2cc(O)cc(-c3nc(/C=C\N)c4c(N5CCOCC(C)C5)nc(OCC5(CN6CC7CC6CO7)CC5)nc4c3F)c12. The molecule has 3 N–H and O–H groups in total. The van der Waals surface area contributed by atoms with Gasteiger partial charge in [0.05, 0.1) is 43.6 Å². The van der Waals surface area contributed by atoms with Crippen LogP contribution in [0.15, 0.2) is 30.5 Å². The van der Waals surface area contributed by atoms with Crippen molar-refractivity contribution >= 4 is 33.6 Å². The number of nitrogens with two attached hydrogens (primary N) is 1. The average Bonchev–Trinajstić information content (AvgIpc) is 3.62. The van der Waals surface area contributed by atoms with E-state index in [1.165, 1.54) is 18.3 Å². The number of hydrogen-bond acceptors (Lipinski definition) is 10. The van der Waals surface area contributed by atoms with E-state index in [-0.39, 0.29) is 39.9 Å². The number of nitrogens with zero attached hydrogens (tertiary/aromatic N) is 5. The number of aryl methyl sites for hydroxylation is 1. The number of rotatable bonds is 9. The summed E-state index contributed by atoms with van der Waals surface area (Å²) in [7, 11) is 0. The number of phenols is 1. The van der Waals surface area contributed by atoms with E-state index in [0.29, 0.717) is 84.7 Å². The summed E-state index contributed by atoms with van der Waals surface area (Å²) in [6.07, 6.45) is 6.78. The second-order valence-corrected chi connectivity index (χ2v) is 14.2. The van der Waals surface area contributed by atoms with Gasteiger partial charge in [-0.05, 0) is 78.4 Å². The average molecular weight is 673 g/mol. The number of anilines is 1. The Morgan fingerprint density at radius 3 is 2.71 bits per heavy atom. The fraction of sp³-hybridized carbons (Fsp3) is 0.486. The molecule has 12 heteroatoms. The number of ether oxygens (including phenoxy) is 3. The Kier molecular flexibility index (Phi) is 8.28. The molecule has 0 amide bonds. The van der Waals surface area contributed by atoms with Gasteiger partial charge < -0.3 is 30.0 Å². The number of likely N-dealkylation sites (tertiary alicyclic amines) is 1. The molecule has 10 nitrogen and oxygen atoms in total. The number of aromatic nitrogens is 3. The molecule has 258 valence electrons. The maximum absolute atomic E-state index is 17.2. The topological polar surface area (TPSA) is 119 Å². The summed E-state index contributed by atoms with van der Waals surface area (Å²) in [5.41, 5.74) is 6.89. The van der Waals surface area contributed by atoms with Crippen LogP contribution >= 0.6 is 0 Å². The third kappa shape index (κ3) is 5.93. The zero-order valence-corrected chi connectivity index (χ0v) is 27.9. The molecule has 3 aliphatic heterocycles. The van der Waals surface area contributed by atoms with Gasteiger partial charge in [-0.15, -0.1) is 0 Å². The van der Waals surface area contributed by atoms with E-state index in [9.17, 15) is 5.11 Å². The predicted molar refractivity (Wildman–Crippen MR) is 184 cm³/mol. The van der Waals surface area contributed by atoms with Crippen LogP contribution in [0.25, 0.3) is 39.0 Å². The Balaban J connectivity index is 1.27. The van der Waals surface area contributed by atoms with Gasteiger partial charge in [-0.2, -0.15) is 9.97 Å². The largest absolute Gasteiger partial charge is 0.508 e. The Bertz CT molecular complexity index is 1950. The zero-order valence-electron chi connectivity index (χ0n) is 27.9. The summed E-state index contributed by atoms with van der Waals surface area (Å²) in [6, 6.07) is 6.45. The Hall–Kier alpha value is -4.13. The highest BCUT2D eigenvalue weighted by Gasteiger charge is 2.49. The molecule has 1 aliphatic carbocycles. The summed E-state index contributed by atoms with van der Waals surface area (Å²) in [5, 5.41) is 12.2. The minimum atomic E-state index is -0.718. The Morgan fingerprint density at radius 2 is 1.98 bits per heavy atom. The van der Waals surface area contributed by atoms with E-state index in [4.69, 9.17) is 34.9 Å². The number of pyridine rings is 1. The van der Waals surface area contributed by atoms with Crippen LogP contribution in [-0.2, 0) is 15.9 Å². The first-order valence-electron chi connectivity index (χ1n) is 17.3. The predicted octanol–water partition coefficient (Wildman–Crippen LogP) is 5.43. The Morgan fingerprint density at radius 1 is 1.12 bits per heavy atom. The molecule has 0 radical (unpaired) electrons. The summed E-state index contributed by atoms with van der Waals surface area (Å²) in [6.45, 7) is 9.25. The van der Waals surface area contributed by atoms with Gasteiger partial charge in [0.25, 0.3) is 0 Å². The standard InChI is InChI=1S/C37H42F2N6O4/c1-3-26-28(38)5-4-22-12-24(46)14-27(30(22)26)33-32(39)34-31(29(41-33)6-9-40)35(44-10-11-47-17-21(2)15-44)43-36(42-34)49-20-37(7-8-37)19-45-16-25-13-23(45)18-48-25/h4-6,9,12,14,21,23,25,46H,3,7-8,10-11,13,15-20,40H2,1-2H3/b9-6-. The minimum Gasteiger partial charge on any atom is -0.508 e. The molecule has 3 atom stereocenters. The van der Waals surface area contributed by atoms with Crippen LogP contribution in [0, 0.1) is 23.0 Å². The number of morpholine rings is 1. The van der Waals surface area contributed by atoms with E-state index >= 15 is 8.78 Å². The number of hydrogen-bond donors (Lipinski definition) is 2. The monoisotopic (exact) mass is 672 g/mol. The summed E-state index contributed by atoms with van der Waals surface area (Å²) < 4.78 is 50.4. The molecule has 1 saturated carbocycles. The third-order valence-electron chi connectivity index (χ3n) is 10.5. The molecule has 4 aliphatic rings. The summed E-state index contributed by atoms with van der Waals surface area (Å²) in [4.78, 5) is 19.0. The normalized spacial score (nSPS) is 23.6. The highest BCUT2D eigenvalue weighted by molar-refractivity contribution is 6.03. The molecule has 8 rings (SSSR count). The van der Waals surface area contributed by atoms with E-state index in [1.54, 1.807) is 18.2 Å². The number of aromatic hydroxyl groups is 1. The minimum absolute atomic E-state index is 0.00950. The lowest BCUT2D eigenvalue weighted by atomic mass is 9.94. The van der Waals surface area contributed by atoms with Gasteiger partial charge in [-0.25, -0.2) is 13.8 Å². The highest BCUT2D eigenvalue weighted by atomic mass is 19.1. The van der Waals surface area contributed by atoms with Crippen LogP contribution in [0.4, 0.5) is 14.6 Å². The van der Waals surface area contributed by atoms with Crippen molar-refractivity contribution in [3.63, 3.8) is 0 Å². The first-order valence-corrected chi connectivity index (χ1v) is 17.3. The lowest BCUT2D eigenvalue weighted by molar-refractivity contribution is 0.0176. The molecule has 3 saturated heterocycles. The van der Waals surface area contributed by atoms with Gasteiger partial charge in [0, 0.05) is 43.2 Å². The molecule has 5 heterocycles. The number of halogens is 2. The highest BCUT2D eigenvalue weighted by Crippen LogP contribution is 2.48. The van der Waals surface area contributed by atoms with Crippen molar-refractivity contribution in [3.05, 3.63) is 53.4 Å². The van der Waals surface area contributed by atoms with Gasteiger partial charge in [-0.3, -0.25) is 4.90 Å². The van der Waals surface area contributed by atoms with Crippen molar-refractivity contribution in [1.29, 1.82) is 0 Å². The van der Waals surface area contributed by atoms with Crippen LogP contribution in [-0.4, -0.2) is 89.7 Å². The first-order chi connectivity index (χ1) is 23.8. The van der Waals surface area contributed by atoms with Gasteiger partial charge in [0.2, 0.25) is 0 Å². The van der Waals surface area contributed by atoms with Crippen LogP contribution in [0.3, 0.4) is 0 Å². The summed E-state index contributed by atoms with van der Waals surface area (Å²) >= 11 is 0. The van der Waals surface area contributed by atoms with Crippen LogP contribution in [0.5, 0.6) is 11.8 Å². The molecule has 49 heavy (non-hydrogen) atoms. The van der Waals surface area contributed by atoms with Crippen molar-refractivity contribution in [3.8, 4) is 23.0 Å². The first kappa shape index (κ1) is 32.1. The van der Waals surface area contributed by atoms with Gasteiger partial charge in [0.1, 0.15) is 28.6 Å². The Labute approximate surface area is 283 Å². The van der Waals surface area contributed by atoms with Gasteiger partial charge >= 0.3 is 6.01 Å². The van der Waals surface area contributed by atoms with Crippen LogP contribution in [0.1, 0.15) is 44.4 Å². The van der Waals surface area contributed by atoms with Crippen molar-refractivity contribution in [2.45, 2.75) is 51.7 Å². The molecule has 4 aromatic rings. The third-order valence-corrected chi connectivity index (χ3v) is 10.5. The van der Waals surface area contributed by atoms with Gasteiger partial charge in [-0.1, -0.05) is 19.9 Å². The molecule has 2 aromatic heterocycles. The van der Waals surface area contributed by atoms with E-state index in [2.05, 4.69) is 16.7 Å². The molecular weight excluding hydrogens is 630 g/mol. The van der Waals surface area contributed by atoms with E-state index < -0.39 is 11.6 Å². The second kappa shape index (κ2) is 12.6. The maximum atomic E-state index is 17.2. The molecule has 0 spiro atoms. The second-order valence-electron chi connectivity index (χ2n) is 14.2. The quantitative estimate of drug-likeness (QED) is 0.239. The number of phenolic OH excluding ortho intramolecular Hbond substituents is 1. The lowest BCUT2D eigenvalue weighted by Crippen LogP contribution is -2.42. The van der Waals surface area contributed by atoms with Gasteiger partial charge in [0.15, 0.2) is 5.82 Å². The van der Waals surface area contributed by atoms with Crippen molar-refractivity contribution < 1.29 is 28.1 Å². The van der Waals surface area contributed by atoms with Crippen molar-refractivity contribution in [2.24, 2.45) is 17.1 Å². The summed E-state index contributed by atoms with van der Waals surface area (Å²) in [5.74, 6) is -0.538. The van der Waals surface area contributed by atoms with Crippen LogP contribution < -0.4 is 15.4 Å². The number of benzene rings is 2. The zero-order chi connectivity index (χ0) is 33.9. The van der Waals surface area contributed by atoms with E-state index in [1.807, 2.05) is 6.92 Å². The smallest absolute Gasteiger partial charge is 0.319 e. The maximum Gasteiger partial charge on any atom is 0.319 e. The fourth-order valence-electron chi connectivity index (χ4n) is 7.89. The molecule has 4 fully saturated rings. The fourth-order valence-corrected chi connectivity index (χ4v) is 7.89. The van der Waals surface area contributed by atoms with Crippen molar-refractivity contribution in [1.82, 2.24) is 19.9 Å². The van der Waals surface area contributed by atoms with Crippen LogP contribution in [0.2, 0.25) is 0 Å². The number of fused-ring (bicyclic) bond motifs is 4. The molecular formula is C37H42F2N6O4. The molecule has 2 aromatic carbocycles. The lowest BCUT2D eigenvalue weighted by Gasteiger charge is -2.30. The van der Waals surface area contributed by atoms with Crippen molar-refractivity contribution in [2.75, 3.05) is 57.5 Å². The van der Waals surface area contributed by atoms with E-state index in [0.717, 1.165) is 39.0 Å². The molecule has 3 unspecified atom stereocenters.